The second kappa shape index (κ2) is 11.6. The molecular formula is C22H30O7S2. The molecule has 9 heteroatoms. The second-order valence-electron chi connectivity index (χ2n) is 7.40. The summed E-state index contributed by atoms with van der Waals surface area (Å²) in [6, 6.07) is 9.72. The average molecular weight is 471 g/mol. The van der Waals surface area contributed by atoms with E-state index in [1.165, 1.54) is 62.1 Å². The van der Waals surface area contributed by atoms with E-state index in [2.05, 4.69) is 6.92 Å². The molecule has 0 heterocycles. The summed E-state index contributed by atoms with van der Waals surface area (Å²) >= 11 is 0. The molecule has 7 nitrogen and oxygen atoms in total. The summed E-state index contributed by atoms with van der Waals surface area (Å²) in [5.41, 5.74) is 0.240. The van der Waals surface area contributed by atoms with E-state index in [9.17, 15) is 25.9 Å². The molecule has 0 aliphatic rings. The van der Waals surface area contributed by atoms with Gasteiger partial charge >= 0.3 is 0 Å². The van der Waals surface area contributed by atoms with Crippen LogP contribution in [0.2, 0.25) is 0 Å². The van der Waals surface area contributed by atoms with Gasteiger partial charge in [0.15, 0.2) is 0 Å². The molecule has 0 aromatic heterocycles. The Hall–Kier alpha value is -1.94. The van der Waals surface area contributed by atoms with Crippen LogP contribution in [-0.4, -0.2) is 32.5 Å². The zero-order chi connectivity index (χ0) is 22.9. The second-order valence-corrected chi connectivity index (χ2v) is 10.2. The smallest absolute Gasteiger partial charge is 0.298 e. The van der Waals surface area contributed by atoms with Gasteiger partial charge in [-0.1, -0.05) is 82.2 Å². The molecule has 0 aliphatic carbocycles. The van der Waals surface area contributed by atoms with Crippen molar-refractivity contribution in [3.05, 3.63) is 42.5 Å². The van der Waals surface area contributed by atoms with Crippen LogP contribution in [0.3, 0.4) is 0 Å². The highest BCUT2D eigenvalue weighted by Crippen LogP contribution is 2.38. The number of rotatable bonds is 13. The summed E-state index contributed by atoms with van der Waals surface area (Å²) in [6.45, 7) is 2.38. The fourth-order valence-electron chi connectivity index (χ4n) is 3.40. The Kier molecular flexibility index (Phi) is 9.49. The molecule has 0 spiro atoms. The first-order valence-corrected chi connectivity index (χ1v) is 13.3. The molecule has 2 aromatic carbocycles. The van der Waals surface area contributed by atoms with Gasteiger partial charge in [-0.2, -0.15) is 16.8 Å². The molecule has 0 atom stereocenters. The standard InChI is InChI=1S/C22H30O7S2/c1-2-3-4-5-6-7-8-11-17-29-22-19(14-12-16-21(22)31(26,27)28)18-13-9-10-15-20(18)30(23,24)25/h9-10,12-16H,2-8,11,17H2,1H3,(H,23,24,25)(H,26,27,28). The number of hydrogen-bond donors (Lipinski definition) is 2. The van der Waals surface area contributed by atoms with E-state index >= 15 is 0 Å². The van der Waals surface area contributed by atoms with Crippen molar-refractivity contribution in [1.29, 1.82) is 0 Å². The van der Waals surface area contributed by atoms with E-state index in [4.69, 9.17) is 4.74 Å². The van der Waals surface area contributed by atoms with Gasteiger partial charge in [-0.05, 0) is 18.6 Å². The summed E-state index contributed by atoms with van der Waals surface area (Å²) < 4.78 is 72.3. The van der Waals surface area contributed by atoms with Crippen molar-refractivity contribution in [2.24, 2.45) is 0 Å². The topological polar surface area (TPSA) is 118 Å². The molecule has 0 saturated carbocycles. The van der Waals surface area contributed by atoms with Gasteiger partial charge in [-0.3, -0.25) is 9.11 Å². The molecule has 0 bridgehead atoms. The highest BCUT2D eigenvalue weighted by Gasteiger charge is 2.24. The van der Waals surface area contributed by atoms with Crippen molar-refractivity contribution >= 4 is 20.2 Å². The molecular weight excluding hydrogens is 440 g/mol. The molecule has 31 heavy (non-hydrogen) atoms. The maximum Gasteiger partial charge on any atom is 0.298 e. The zero-order valence-corrected chi connectivity index (χ0v) is 19.3. The average Bonchev–Trinajstić information content (AvgIpc) is 2.71. The Morgan fingerprint density at radius 2 is 1.19 bits per heavy atom. The van der Waals surface area contributed by atoms with Gasteiger partial charge in [0.05, 0.1) is 6.61 Å². The van der Waals surface area contributed by atoms with Crippen molar-refractivity contribution in [3.8, 4) is 16.9 Å². The number of para-hydroxylation sites is 1. The summed E-state index contributed by atoms with van der Waals surface area (Å²) in [6.07, 6.45) is 8.64. The molecule has 0 unspecified atom stereocenters. The minimum Gasteiger partial charge on any atom is -0.491 e. The summed E-state index contributed by atoms with van der Waals surface area (Å²) in [5.74, 6) is -0.135. The van der Waals surface area contributed by atoms with E-state index in [0.717, 1.165) is 19.3 Å². The molecule has 0 saturated heterocycles. The number of hydrogen-bond acceptors (Lipinski definition) is 5. The minimum atomic E-state index is -4.61. The Labute approximate surface area is 185 Å². The Bertz CT molecular complexity index is 1060. The predicted octanol–water partition coefficient (Wildman–Crippen LogP) is 5.37. The molecule has 2 aromatic rings. The van der Waals surface area contributed by atoms with Crippen molar-refractivity contribution in [1.82, 2.24) is 0 Å². The van der Waals surface area contributed by atoms with Gasteiger partial charge in [0.1, 0.15) is 15.5 Å². The van der Waals surface area contributed by atoms with Crippen molar-refractivity contribution < 1.29 is 30.7 Å². The highest BCUT2D eigenvalue weighted by atomic mass is 32.2. The third-order valence-electron chi connectivity index (χ3n) is 4.96. The number of ether oxygens (including phenoxy) is 1. The van der Waals surface area contributed by atoms with Gasteiger partial charge in [-0.15, -0.1) is 0 Å². The van der Waals surface area contributed by atoms with E-state index in [0.29, 0.717) is 6.42 Å². The van der Waals surface area contributed by atoms with Crippen LogP contribution in [0.25, 0.3) is 11.1 Å². The lowest BCUT2D eigenvalue weighted by Gasteiger charge is -2.16. The molecule has 0 fully saturated rings. The summed E-state index contributed by atoms with van der Waals surface area (Å²) in [4.78, 5) is -0.825. The lowest BCUT2D eigenvalue weighted by molar-refractivity contribution is 0.297. The van der Waals surface area contributed by atoms with Crippen LogP contribution < -0.4 is 4.74 Å². The molecule has 172 valence electrons. The van der Waals surface area contributed by atoms with Gasteiger partial charge in [0.2, 0.25) is 0 Å². The zero-order valence-electron chi connectivity index (χ0n) is 17.7. The van der Waals surface area contributed by atoms with Crippen LogP contribution in [0.15, 0.2) is 52.3 Å². The first-order chi connectivity index (χ1) is 14.7. The first kappa shape index (κ1) is 25.3. The van der Waals surface area contributed by atoms with Crippen LogP contribution in [0.1, 0.15) is 58.3 Å². The Morgan fingerprint density at radius 1 is 0.677 bits per heavy atom. The largest absolute Gasteiger partial charge is 0.491 e. The van der Waals surface area contributed by atoms with E-state index < -0.39 is 25.1 Å². The monoisotopic (exact) mass is 470 g/mol. The van der Waals surface area contributed by atoms with E-state index in [-0.39, 0.29) is 28.4 Å². The first-order valence-electron chi connectivity index (χ1n) is 10.5. The normalized spacial score (nSPS) is 12.1. The fourth-order valence-corrected chi connectivity index (χ4v) is 4.76. The molecule has 0 radical (unpaired) electrons. The van der Waals surface area contributed by atoms with Crippen LogP contribution in [0.5, 0.6) is 5.75 Å². The van der Waals surface area contributed by atoms with Gasteiger partial charge in [-0.25, -0.2) is 0 Å². The van der Waals surface area contributed by atoms with Crippen LogP contribution in [0, 0.1) is 0 Å². The van der Waals surface area contributed by atoms with Crippen LogP contribution >= 0.6 is 0 Å². The third-order valence-corrected chi connectivity index (χ3v) is 6.75. The molecule has 0 amide bonds. The molecule has 2 N–H and O–H groups in total. The van der Waals surface area contributed by atoms with Gasteiger partial charge in [0.25, 0.3) is 20.2 Å². The quantitative estimate of drug-likeness (QED) is 0.298. The van der Waals surface area contributed by atoms with Gasteiger partial charge in [0, 0.05) is 11.1 Å². The molecule has 0 aliphatic heterocycles. The van der Waals surface area contributed by atoms with Crippen molar-refractivity contribution in [3.63, 3.8) is 0 Å². The third kappa shape index (κ3) is 7.60. The maximum absolute atomic E-state index is 11.9. The lowest BCUT2D eigenvalue weighted by atomic mass is 10.0. The lowest BCUT2D eigenvalue weighted by Crippen LogP contribution is -2.08. The Balaban J connectivity index is 2.23. The predicted molar refractivity (Wildman–Crippen MR) is 120 cm³/mol. The van der Waals surface area contributed by atoms with E-state index in [1.807, 2.05) is 0 Å². The summed E-state index contributed by atoms with van der Waals surface area (Å²) in [7, 11) is -9.17. The SMILES string of the molecule is CCCCCCCCCCOc1c(-c2ccccc2S(=O)(=O)O)cccc1S(=O)(=O)O. The minimum absolute atomic E-state index is 0.0847. The maximum atomic E-state index is 11.9. The van der Waals surface area contributed by atoms with Gasteiger partial charge < -0.3 is 4.74 Å². The highest BCUT2D eigenvalue weighted by molar-refractivity contribution is 7.86. The molecule has 2 rings (SSSR count). The summed E-state index contributed by atoms with van der Waals surface area (Å²) in [5, 5.41) is 0. The van der Waals surface area contributed by atoms with Crippen LogP contribution in [-0.2, 0) is 20.2 Å². The van der Waals surface area contributed by atoms with Crippen molar-refractivity contribution in [2.75, 3.05) is 6.61 Å². The number of benzene rings is 2. The Morgan fingerprint density at radius 3 is 1.81 bits per heavy atom. The van der Waals surface area contributed by atoms with Crippen LogP contribution in [0.4, 0.5) is 0 Å². The fraction of sp³-hybridized carbons (Fsp3) is 0.455. The van der Waals surface area contributed by atoms with E-state index in [1.54, 1.807) is 6.07 Å². The number of unbranched alkanes of at least 4 members (excludes halogenated alkanes) is 7. The van der Waals surface area contributed by atoms with Crippen molar-refractivity contribution in [2.45, 2.75) is 68.1 Å².